The number of hydrazone groups is 1. The summed E-state index contributed by atoms with van der Waals surface area (Å²) in [7, 11) is 3.20. The molecule has 1 unspecified atom stereocenters. The van der Waals surface area contributed by atoms with Crippen molar-refractivity contribution in [3.05, 3.63) is 40.1 Å². The summed E-state index contributed by atoms with van der Waals surface area (Å²) in [6, 6.07) is 7.42. The van der Waals surface area contributed by atoms with Crippen molar-refractivity contribution in [3.8, 4) is 11.5 Å². The molecule has 2 amide bonds. The fraction of sp³-hybridized carbons (Fsp3) is 0.409. The van der Waals surface area contributed by atoms with Crippen molar-refractivity contribution in [3.63, 3.8) is 0 Å². The van der Waals surface area contributed by atoms with Crippen LogP contribution in [-0.2, 0) is 11.3 Å². The lowest BCUT2D eigenvalue weighted by Gasteiger charge is -2.39. The van der Waals surface area contributed by atoms with Gasteiger partial charge in [0.2, 0.25) is 12.2 Å². The van der Waals surface area contributed by atoms with Gasteiger partial charge in [0.1, 0.15) is 22.2 Å². The van der Waals surface area contributed by atoms with Crippen molar-refractivity contribution in [2.45, 2.75) is 39.0 Å². The second-order valence-corrected chi connectivity index (χ2v) is 8.40. The van der Waals surface area contributed by atoms with E-state index in [4.69, 9.17) is 9.47 Å². The van der Waals surface area contributed by atoms with Crippen LogP contribution in [0.25, 0.3) is 0 Å². The number of ether oxygens (including phenoxy) is 2. The van der Waals surface area contributed by atoms with E-state index in [1.807, 2.05) is 41.5 Å². The maximum Gasteiger partial charge on any atom is 0.269 e. The van der Waals surface area contributed by atoms with E-state index in [1.165, 1.54) is 11.3 Å². The van der Waals surface area contributed by atoms with Crippen LogP contribution in [0.2, 0.25) is 0 Å². The van der Waals surface area contributed by atoms with Crippen molar-refractivity contribution >= 4 is 34.7 Å². The van der Waals surface area contributed by atoms with E-state index in [2.05, 4.69) is 15.8 Å². The Morgan fingerprint density at radius 1 is 1.28 bits per heavy atom. The molecule has 4 rings (SSSR count). The first-order valence-corrected chi connectivity index (χ1v) is 11.4. The highest BCUT2D eigenvalue weighted by molar-refractivity contribution is 7.12. The molecule has 3 heterocycles. The van der Waals surface area contributed by atoms with E-state index in [0.717, 1.165) is 23.5 Å². The molecule has 9 nitrogen and oxygen atoms in total. The molecule has 0 aliphatic carbocycles. The Balaban J connectivity index is 1.39. The highest BCUT2D eigenvalue weighted by atomic mass is 32.1. The lowest BCUT2D eigenvalue weighted by Crippen LogP contribution is -2.58. The summed E-state index contributed by atoms with van der Waals surface area (Å²) in [5.41, 5.74) is 4.77. The molecule has 32 heavy (non-hydrogen) atoms. The number of thiophene rings is 1. The third-order valence-corrected chi connectivity index (χ3v) is 6.38. The molecule has 0 fully saturated rings. The number of anilines is 1. The molecule has 2 aliphatic heterocycles. The predicted octanol–water partition coefficient (Wildman–Crippen LogP) is 2.73. The highest BCUT2D eigenvalue weighted by Crippen LogP contribution is 2.36. The SMILES string of the molecule is CCCN1C(=O)c2sccc2N2C(CCC(=O)NCc3cc(OC)ccc3OC)=NNC12. The first kappa shape index (κ1) is 21.9. The fourth-order valence-corrected chi connectivity index (χ4v) is 4.77. The van der Waals surface area contributed by atoms with Crippen LogP contribution in [-0.4, -0.2) is 49.6 Å². The number of nitrogens with zero attached hydrogens (tertiary/aromatic N) is 3. The summed E-state index contributed by atoms with van der Waals surface area (Å²) >= 11 is 1.43. The van der Waals surface area contributed by atoms with E-state index in [0.29, 0.717) is 35.9 Å². The molecule has 10 heteroatoms. The fourth-order valence-electron chi connectivity index (χ4n) is 3.93. The van der Waals surface area contributed by atoms with E-state index >= 15 is 0 Å². The maximum atomic E-state index is 12.8. The molecule has 1 atom stereocenters. The molecule has 2 N–H and O–H groups in total. The number of hydrogen-bond donors (Lipinski definition) is 2. The first-order chi connectivity index (χ1) is 15.6. The van der Waals surface area contributed by atoms with E-state index < -0.39 is 0 Å². The molecule has 0 saturated heterocycles. The third kappa shape index (κ3) is 4.10. The molecule has 0 radical (unpaired) electrons. The van der Waals surface area contributed by atoms with Crippen LogP contribution < -0.4 is 25.1 Å². The average Bonchev–Trinajstić information content (AvgIpc) is 3.46. The van der Waals surface area contributed by atoms with Crippen LogP contribution in [0, 0.1) is 0 Å². The van der Waals surface area contributed by atoms with Crippen molar-refractivity contribution in [1.82, 2.24) is 15.6 Å². The van der Waals surface area contributed by atoms with Crippen molar-refractivity contribution in [2.75, 3.05) is 25.7 Å². The highest BCUT2D eigenvalue weighted by Gasteiger charge is 2.43. The number of hydrogen-bond acceptors (Lipinski definition) is 8. The molecule has 0 bridgehead atoms. The summed E-state index contributed by atoms with van der Waals surface area (Å²) in [6.45, 7) is 3.01. The normalized spacial score (nSPS) is 16.8. The maximum absolute atomic E-state index is 12.8. The Bertz CT molecular complexity index is 1040. The second kappa shape index (κ2) is 9.47. The average molecular weight is 458 g/mol. The van der Waals surface area contributed by atoms with Crippen LogP contribution in [0.5, 0.6) is 11.5 Å². The van der Waals surface area contributed by atoms with Gasteiger partial charge in [0.15, 0.2) is 0 Å². The van der Waals surface area contributed by atoms with E-state index in [1.54, 1.807) is 19.1 Å². The number of carbonyl (C=O) groups is 2. The Morgan fingerprint density at radius 3 is 2.88 bits per heavy atom. The third-order valence-electron chi connectivity index (χ3n) is 5.49. The topological polar surface area (TPSA) is 95.5 Å². The minimum atomic E-state index is -0.344. The molecule has 1 aromatic carbocycles. The summed E-state index contributed by atoms with van der Waals surface area (Å²) in [5, 5.41) is 9.31. The lowest BCUT2D eigenvalue weighted by molar-refractivity contribution is -0.121. The molecular weight excluding hydrogens is 430 g/mol. The van der Waals surface area contributed by atoms with Gasteiger partial charge in [-0.1, -0.05) is 6.92 Å². The van der Waals surface area contributed by atoms with E-state index in [-0.39, 0.29) is 24.5 Å². The summed E-state index contributed by atoms with van der Waals surface area (Å²) < 4.78 is 10.6. The number of methoxy groups -OCH3 is 2. The van der Waals surface area contributed by atoms with Crippen LogP contribution >= 0.6 is 11.3 Å². The van der Waals surface area contributed by atoms with Gasteiger partial charge in [-0.3, -0.25) is 24.8 Å². The molecule has 170 valence electrons. The summed E-state index contributed by atoms with van der Waals surface area (Å²) in [4.78, 5) is 29.9. The van der Waals surface area contributed by atoms with E-state index in [9.17, 15) is 9.59 Å². The number of rotatable bonds is 9. The molecule has 0 saturated carbocycles. The molecule has 2 aromatic rings. The van der Waals surface area contributed by atoms with Crippen LogP contribution in [0.1, 0.15) is 41.4 Å². The Labute approximate surface area is 191 Å². The van der Waals surface area contributed by atoms with Crippen molar-refractivity contribution < 1.29 is 19.1 Å². The molecule has 1 aromatic heterocycles. The van der Waals surface area contributed by atoms with Gasteiger partial charge in [0.25, 0.3) is 5.91 Å². The Morgan fingerprint density at radius 2 is 2.12 bits per heavy atom. The number of benzene rings is 1. The molecule has 0 spiro atoms. The van der Waals surface area contributed by atoms with Gasteiger partial charge >= 0.3 is 0 Å². The van der Waals surface area contributed by atoms with Gasteiger partial charge in [-0.05, 0) is 36.1 Å². The number of nitrogens with one attached hydrogen (secondary N) is 2. The van der Waals surface area contributed by atoms with Crippen molar-refractivity contribution in [2.24, 2.45) is 5.10 Å². The number of amides is 2. The molecule has 2 aliphatic rings. The summed E-state index contributed by atoms with van der Waals surface area (Å²) in [5.74, 6) is 2.07. The van der Waals surface area contributed by atoms with Crippen LogP contribution in [0.15, 0.2) is 34.7 Å². The summed E-state index contributed by atoms with van der Waals surface area (Å²) in [6.07, 6.45) is 1.23. The van der Waals surface area contributed by atoms with Gasteiger partial charge in [0.05, 0.1) is 19.9 Å². The van der Waals surface area contributed by atoms with Crippen LogP contribution in [0.3, 0.4) is 0 Å². The zero-order valence-corrected chi connectivity index (χ0v) is 19.2. The standard InChI is InChI=1S/C22H27N5O4S/c1-4-10-26-21(29)20-16(9-11-32-20)27-18(24-25-22(26)27)7-8-19(28)23-13-14-12-15(30-2)5-6-17(14)31-3/h5-6,9,11-12,22,25H,4,7-8,10,13H2,1-3H3,(H,23,28). The lowest BCUT2D eigenvalue weighted by atomic mass is 10.1. The van der Waals surface area contributed by atoms with Gasteiger partial charge in [-0.25, -0.2) is 0 Å². The Hall–Kier alpha value is -3.27. The van der Waals surface area contributed by atoms with Gasteiger partial charge in [0, 0.05) is 31.5 Å². The first-order valence-electron chi connectivity index (χ1n) is 10.5. The monoisotopic (exact) mass is 457 g/mol. The minimum absolute atomic E-state index is 0.0204. The second-order valence-electron chi connectivity index (χ2n) is 7.49. The Kier molecular flexibility index (Phi) is 6.50. The quantitative estimate of drug-likeness (QED) is 0.601. The molecular formula is C22H27N5O4S. The smallest absolute Gasteiger partial charge is 0.269 e. The number of carbonyl (C=O) groups excluding carboxylic acids is 2. The predicted molar refractivity (Wildman–Crippen MR) is 123 cm³/mol. The number of amidine groups is 1. The minimum Gasteiger partial charge on any atom is -0.497 e. The number of fused-ring (bicyclic) bond motifs is 3. The van der Waals surface area contributed by atoms with Gasteiger partial charge in [-0.2, -0.15) is 5.10 Å². The largest absolute Gasteiger partial charge is 0.497 e. The van der Waals surface area contributed by atoms with Gasteiger partial charge in [-0.15, -0.1) is 11.3 Å². The van der Waals surface area contributed by atoms with Crippen LogP contribution in [0.4, 0.5) is 5.69 Å². The van der Waals surface area contributed by atoms with Gasteiger partial charge < -0.3 is 14.8 Å². The van der Waals surface area contributed by atoms with Crippen molar-refractivity contribution in [1.29, 1.82) is 0 Å². The zero-order valence-electron chi connectivity index (χ0n) is 18.4. The zero-order chi connectivity index (χ0) is 22.7.